The largest absolute Gasteiger partial charge is 0.457 e. The van der Waals surface area contributed by atoms with Crippen LogP contribution in [0.3, 0.4) is 0 Å². The molecule has 0 saturated carbocycles. The molecule has 6 heteroatoms. The molecule has 0 atom stereocenters. The number of anilines is 6. The lowest BCUT2D eigenvalue weighted by Gasteiger charge is -2.53. The summed E-state index contributed by atoms with van der Waals surface area (Å²) in [6.07, 6.45) is 0. The molecular formula is C69H42N2O3Si. The van der Waals surface area contributed by atoms with E-state index in [2.05, 4.69) is 253 Å². The van der Waals surface area contributed by atoms with E-state index in [4.69, 9.17) is 14.2 Å². The first-order chi connectivity index (χ1) is 37.1. The van der Waals surface area contributed by atoms with Crippen LogP contribution >= 0.6 is 0 Å². The zero-order valence-electron chi connectivity index (χ0n) is 40.6. The van der Waals surface area contributed by atoms with E-state index in [-0.39, 0.29) is 0 Å². The number of ether oxygens (including phenoxy) is 3. The lowest BCUT2D eigenvalue weighted by Crippen LogP contribution is -2.73. The summed E-state index contributed by atoms with van der Waals surface area (Å²) in [7, 11) is -2.94. The van der Waals surface area contributed by atoms with Crippen molar-refractivity contribution in [2.24, 2.45) is 0 Å². The van der Waals surface area contributed by atoms with E-state index >= 15 is 0 Å². The monoisotopic (exact) mass is 974 g/mol. The fourth-order valence-corrected chi connectivity index (χ4v) is 20.0. The van der Waals surface area contributed by atoms with Gasteiger partial charge in [-0.1, -0.05) is 182 Å². The Hall–Kier alpha value is -9.36. The van der Waals surface area contributed by atoms with Crippen molar-refractivity contribution in [2.45, 2.75) is 17.4 Å². The van der Waals surface area contributed by atoms with Gasteiger partial charge in [0.2, 0.25) is 0 Å². The minimum atomic E-state index is -2.94. The Labute approximate surface area is 434 Å². The van der Waals surface area contributed by atoms with Crippen molar-refractivity contribution < 1.29 is 14.2 Å². The first kappa shape index (κ1) is 40.2. The van der Waals surface area contributed by atoms with Crippen molar-refractivity contribution in [3.63, 3.8) is 0 Å². The van der Waals surface area contributed by atoms with Gasteiger partial charge in [-0.2, -0.15) is 0 Å². The average Bonchev–Trinajstić information content (AvgIpc) is 4.02. The topological polar surface area (TPSA) is 34.2 Å². The van der Waals surface area contributed by atoms with Crippen molar-refractivity contribution in [1.29, 1.82) is 0 Å². The molecule has 5 aliphatic heterocycles. The summed E-state index contributed by atoms with van der Waals surface area (Å²) < 4.78 is 21.8. The highest BCUT2D eigenvalue weighted by atomic mass is 28.3. The van der Waals surface area contributed by atoms with Crippen LogP contribution in [-0.2, 0) is 10.8 Å². The number of hydrogen-bond acceptors (Lipinski definition) is 5. The van der Waals surface area contributed by atoms with E-state index in [1.807, 2.05) is 0 Å². The van der Waals surface area contributed by atoms with E-state index in [0.29, 0.717) is 0 Å². The van der Waals surface area contributed by atoms with Gasteiger partial charge in [-0.3, -0.25) is 0 Å². The van der Waals surface area contributed by atoms with E-state index < -0.39 is 18.9 Å². The standard InChI is InChI=1S/C69H42N2O3Si/c1-75-65-53-31-18-32-54(65)71-56-40-52-48(46-28-15-17-30-50(46)69(52,43-23-10-4-11-24-43)44-25-12-5-13-26-44)38-62(56)73-58-34-36-60(67(75)64(58)71)74-59-35-33-57-63(66(59)75)70(53)55-39-51-47(37-61(55)72-57)45-27-14-16-29-49(45)68(51,41-19-6-2-7-20-41)42-21-8-3-9-22-42/h2-40H,1H3. The van der Waals surface area contributed by atoms with Crippen LogP contribution in [0.4, 0.5) is 34.1 Å². The Morgan fingerprint density at radius 2 is 0.653 bits per heavy atom. The zero-order chi connectivity index (χ0) is 48.9. The SMILES string of the molecule is C[Si]12c3c4cccc3N3c5cc6c(cc5Oc5ccc(c1c53)Oc1ccc3c(c12)N4c1cc2c(cc1O3)-c1ccccc1C2(c1ccccc1)c1ccccc1)-c1ccccc1C6(c1ccccc1)c1ccccc1. The van der Waals surface area contributed by atoms with E-state index in [1.165, 1.54) is 93.7 Å². The molecule has 5 heterocycles. The van der Waals surface area contributed by atoms with Crippen LogP contribution in [0.5, 0.6) is 34.5 Å². The molecule has 0 saturated heterocycles. The van der Waals surface area contributed by atoms with Crippen LogP contribution in [0, 0.1) is 0 Å². The Balaban J connectivity index is 0.918. The van der Waals surface area contributed by atoms with Crippen molar-refractivity contribution in [2.75, 3.05) is 9.80 Å². The first-order valence-electron chi connectivity index (χ1n) is 26.0. The quantitative estimate of drug-likeness (QED) is 0.164. The van der Waals surface area contributed by atoms with Gasteiger partial charge in [0.1, 0.15) is 11.5 Å². The van der Waals surface area contributed by atoms with Gasteiger partial charge in [-0.15, -0.1) is 0 Å². The summed E-state index contributed by atoms with van der Waals surface area (Å²) in [5.74, 6) is 5.11. The summed E-state index contributed by atoms with van der Waals surface area (Å²) in [5, 5.41) is 3.82. The van der Waals surface area contributed by atoms with Crippen molar-refractivity contribution in [1.82, 2.24) is 0 Å². The Kier molecular flexibility index (Phi) is 7.40. The molecule has 11 aromatic rings. The summed E-state index contributed by atoms with van der Waals surface area (Å²) in [6, 6.07) is 87.3. The third-order valence-electron chi connectivity index (χ3n) is 17.9. The van der Waals surface area contributed by atoms with Crippen molar-refractivity contribution in [3.8, 4) is 56.8 Å². The zero-order valence-corrected chi connectivity index (χ0v) is 41.6. The number of rotatable bonds is 4. The number of nitrogens with zero attached hydrogens (tertiary/aromatic N) is 2. The second-order valence-corrected chi connectivity index (χ2v) is 24.9. The number of fused-ring (bicyclic) bond motifs is 12. The predicted molar refractivity (Wildman–Crippen MR) is 301 cm³/mol. The minimum absolute atomic E-state index is 0.589. The van der Waals surface area contributed by atoms with E-state index in [0.717, 1.165) is 57.2 Å². The maximum atomic E-state index is 7.28. The van der Waals surface area contributed by atoms with Crippen molar-refractivity contribution in [3.05, 3.63) is 281 Å². The highest BCUT2D eigenvalue weighted by molar-refractivity contribution is 7.15. The van der Waals surface area contributed by atoms with Crippen LogP contribution in [0.15, 0.2) is 237 Å². The molecule has 0 unspecified atom stereocenters. The van der Waals surface area contributed by atoms with Gasteiger partial charge in [0.15, 0.2) is 31.1 Å². The van der Waals surface area contributed by atoms with Crippen molar-refractivity contribution >= 4 is 57.8 Å². The van der Waals surface area contributed by atoms with Gasteiger partial charge in [0, 0.05) is 21.7 Å². The Bertz CT molecular complexity index is 4020. The van der Waals surface area contributed by atoms with Crippen LogP contribution in [0.1, 0.15) is 44.5 Å². The lowest BCUT2D eigenvalue weighted by atomic mass is 9.67. The van der Waals surface area contributed by atoms with Gasteiger partial charge in [0.05, 0.1) is 33.6 Å². The van der Waals surface area contributed by atoms with Gasteiger partial charge in [-0.05, 0) is 133 Å². The van der Waals surface area contributed by atoms with Gasteiger partial charge in [0.25, 0.3) is 0 Å². The highest BCUT2D eigenvalue weighted by Gasteiger charge is 2.59. The predicted octanol–water partition coefficient (Wildman–Crippen LogP) is 15.4. The van der Waals surface area contributed by atoms with Gasteiger partial charge < -0.3 is 24.0 Å². The first-order valence-corrected chi connectivity index (χ1v) is 28.5. The summed E-state index contributed by atoms with van der Waals surface area (Å²) in [6.45, 7) is 2.54. The van der Waals surface area contributed by atoms with Gasteiger partial charge in [-0.25, -0.2) is 0 Å². The Morgan fingerprint density at radius 1 is 0.293 bits per heavy atom. The average molecular weight is 975 g/mol. The fraction of sp³-hybridized carbons (Fsp3) is 0.0435. The number of hydrogen-bond donors (Lipinski definition) is 0. The molecule has 0 spiro atoms. The summed E-state index contributed by atoms with van der Waals surface area (Å²) >= 11 is 0. The molecule has 0 bridgehead atoms. The molecule has 5 nitrogen and oxygen atoms in total. The minimum Gasteiger partial charge on any atom is -0.457 e. The summed E-state index contributed by atoms with van der Waals surface area (Å²) in [5.41, 5.74) is 20.0. The highest BCUT2D eigenvalue weighted by Crippen LogP contribution is 2.66. The van der Waals surface area contributed by atoms with Crippen LogP contribution in [0.2, 0.25) is 6.55 Å². The number of benzene rings is 11. The van der Waals surface area contributed by atoms with E-state index in [9.17, 15) is 0 Å². The maximum Gasteiger partial charge on any atom is 0.166 e. The van der Waals surface area contributed by atoms with Crippen LogP contribution in [-0.4, -0.2) is 8.07 Å². The molecule has 75 heavy (non-hydrogen) atoms. The molecule has 0 fully saturated rings. The van der Waals surface area contributed by atoms with Crippen LogP contribution < -0.4 is 39.6 Å². The molecule has 350 valence electrons. The third-order valence-corrected chi connectivity index (χ3v) is 22.4. The van der Waals surface area contributed by atoms with Gasteiger partial charge >= 0.3 is 0 Å². The third kappa shape index (κ3) is 4.61. The molecule has 0 N–H and O–H groups in total. The van der Waals surface area contributed by atoms with Crippen LogP contribution in [0.25, 0.3) is 22.3 Å². The fourth-order valence-electron chi connectivity index (χ4n) is 15.2. The molecule has 0 radical (unpaired) electrons. The molecule has 0 amide bonds. The molecule has 0 aromatic heterocycles. The summed E-state index contributed by atoms with van der Waals surface area (Å²) in [4.78, 5) is 5.06. The second-order valence-electron chi connectivity index (χ2n) is 21.1. The van der Waals surface area contributed by atoms with E-state index in [1.54, 1.807) is 0 Å². The maximum absolute atomic E-state index is 7.28. The smallest absolute Gasteiger partial charge is 0.166 e. The second kappa shape index (κ2) is 13.8. The molecular weight excluding hydrogens is 933 g/mol. The lowest BCUT2D eigenvalue weighted by molar-refractivity contribution is 0.462. The molecule has 11 aromatic carbocycles. The molecule has 7 aliphatic rings. The molecule has 2 aliphatic carbocycles. The molecule has 18 rings (SSSR count). The normalized spacial score (nSPS) is 16.1. The Morgan fingerprint density at radius 3 is 1.07 bits per heavy atom.